The third kappa shape index (κ3) is 3.31. The van der Waals surface area contributed by atoms with Gasteiger partial charge in [0.2, 0.25) is 0 Å². The maximum atomic E-state index is 13.3. The Balaban J connectivity index is 1.76. The van der Waals surface area contributed by atoms with Crippen LogP contribution < -0.4 is 5.56 Å². The first-order valence-corrected chi connectivity index (χ1v) is 8.85. The summed E-state index contributed by atoms with van der Waals surface area (Å²) < 4.78 is 66.8. The zero-order chi connectivity index (χ0) is 21.8. The molecule has 1 aromatic carbocycles. The molecule has 0 atom stereocenters. The molecular weight excluding hydrogens is 409 g/mol. The number of amides is 1. The van der Waals surface area contributed by atoms with Crippen LogP contribution in [0.4, 0.5) is 22.0 Å². The number of aromatic nitrogens is 2. The molecule has 0 unspecified atom stereocenters. The lowest BCUT2D eigenvalue weighted by atomic mass is 10.0. The van der Waals surface area contributed by atoms with Crippen LogP contribution in [0.2, 0.25) is 0 Å². The second-order valence-corrected chi connectivity index (χ2v) is 7.10. The minimum absolute atomic E-state index is 0.173. The topological polar surface area (TPSA) is 54.7 Å². The Morgan fingerprint density at radius 1 is 1.10 bits per heavy atom. The van der Waals surface area contributed by atoms with Gasteiger partial charge in [0, 0.05) is 22.9 Å². The van der Waals surface area contributed by atoms with Gasteiger partial charge in [-0.3, -0.25) is 14.0 Å². The smallest absolute Gasteiger partial charge is 0.326 e. The van der Waals surface area contributed by atoms with Crippen molar-refractivity contribution in [2.45, 2.75) is 19.0 Å². The SMILES string of the molecule is Cc1c(C(F)(F)F)nc2c(-c3ccc(C(=O)N4CC(F)(F)C4)cc3)cccn2c1=O. The van der Waals surface area contributed by atoms with Crippen molar-refractivity contribution >= 4 is 11.6 Å². The summed E-state index contributed by atoms with van der Waals surface area (Å²) in [5.74, 6) is -3.44. The van der Waals surface area contributed by atoms with E-state index >= 15 is 0 Å². The van der Waals surface area contributed by atoms with Gasteiger partial charge in [0.1, 0.15) is 5.65 Å². The lowest BCUT2D eigenvalue weighted by Gasteiger charge is -2.38. The number of benzene rings is 1. The highest BCUT2D eigenvalue weighted by molar-refractivity contribution is 5.95. The molecule has 156 valence electrons. The molecule has 3 heterocycles. The molecule has 0 aliphatic carbocycles. The lowest BCUT2D eigenvalue weighted by Crippen LogP contribution is -2.58. The monoisotopic (exact) mass is 423 g/mol. The van der Waals surface area contributed by atoms with Crippen molar-refractivity contribution in [2.75, 3.05) is 13.1 Å². The molecular formula is C20H14F5N3O2. The first-order chi connectivity index (χ1) is 14.0. The number of rotatable bonds is 2. The van der Waals surface area contributed by atoms with Gasteiger partial charge in [-0.1, -0.05) is 12.1 Å². The molecule has 1 aliphatic rings. The summed E-state index contributed by atoms with van der Waals surface area (Å²) in [7, 11) is 0. The molecule has 0 N–H and O–H groups in total. The van der Waals surface area contributed by atoms with E-state index < -0.39 is 47.9 Å². The lowest BCUT2D eigenvalue weighted by molar-refractivity contribution is -0.141. The number of alkyl halides is 5. The van der Waals surface area contributed by atoms with Gasteiger partial charge in [0.05, 0.1) is 13.1 Å². The number of hydrogen-bond donors (Lipinski definition) is 0. The fourth-order valence-corrected chi connectivity index (χ4v) is 3.38. The zero-order valence-corrected chi connectivity index (χ0v) is 15.5. The summed E-state index contributed by atoms with van der Waals surface area (Å²) >= 11 is 0. The van der Waals surface area contributed by atoms with Crippen LogP contribution in [-0.4, -0.2) is 39.2 Å². The molecule has 1 aliphatic heterocycles. The molecule has 0 radical (unpaired) electrons. The summed E-state index contributed by atoms with van der Waals surface area (Å²) in [5.41, 5.74) is -1.93. The number of carbonyl (C=O) groups is 1. The minimum Gasteiger partial charge on any atom is -0.326 e. The van der Waals surface area contributed by atoms with Crippen molar-refractivity contribution < 1.29 is 26.7 Å². The fourth-order valence-electron chi connectivity index (χ4n) is 3.38. The van der Waals surface area contributed by atoms with Gasteiger partial charge in [0.25, 0.3) is 17.4 Å². The average Bonchev–Trinajstić information content (AvgIpc) is 2.67. The first kappa shape index (κ1) is 20.0. The largest absolute Gasteiger partial charge is 0.433 e. The van der Waals surface area contributed by atoms with Gasteiger partial charge in [-0.25, -0.2) is 13.8 Å². The number of fused-ring (bicyclic) bond motifs is 1. The van der Waals surface area contributed by atoms with Gasteiger partial charge >= 0.3 is 6.18 Å². The molecule has 5 nitrogen and oxygen atoms in total. The van der Waals surface area contributed by atoms with Crippen LogP contribution >= 0.6 is 0 Å². The summed E-state index contributed by atoms with van der Waals surface area (Å²) in [4.78, 5) is 29.3. The molecule has 2 aromatic heterocycles. The molecule has 1 fully saturated rings. The van der Waals surface area contributed by atoms with E-state index in [4.69, 9.17) is 0 Å². The molecule has 4 rings (SSSR count). The molecule has 10 heteroatoms. The Kier molecular flexibility index (Phi) is 4.41. The summed E-state index contributed by atoms with van der Waals surface area (Å²) in [6.45, 7) is -0.233. The third-order valence-corrected chi connectivity index (χ3v) is 4.92. The highest BCUT2D eigenvalue weighted by atomic mass is 19.4. The quantitative estimate of drug-likeness (QED) is 0.590. The second kappa shape index (κ2) is 6.61. The summed E-state index contributed by atoms with van der Waals surface area (Å²) in [5, 5.41) is 0. The zero-order valence-electron chi connectivity index (χ0n) is 15.5. The molecule has 3 aromatic rings. The molecule has 1 amide bonds. The van der Waals surface area contributed by atoms with Crippen LogP contribution in [-0.2, 0) is 6.18 Å². The Morgan fingerprint density at radius 2 is 1.73 bits per heavy atom. The van der Waals surface area contributed by atoms with Gasteiger partial charge in [-0.15, -0.1) is 0 Å². The normalized spacial score (nSPS) is 15.9. The Hall–Kier alpha value is -3.30. The molecule has 0 spiro atoms. The minimum atomic E-state index is -4.79. The van der Waals surface area contributed by atoms with E-state index in [1.165, 1.54) is 42.6 Å². The number of nitrogens with zero attached hydrogens (tertiary/aromatic N) is 3. The summed E-state index contributed by atoms with van der Waals surface area (Å²) in [6.07, 6.45) is -3.47. The van der Waals surface area contributed by atoms with Crippen molar-refractivity contribution in [1.82, 2.24) is 14.3 Å². The van der Waals surface area contributed by atoms with E-state index in [-0.39, 0.29) is 16.8 Å². The number of likely N-dealkylation sites (tertiary alicyclic amines) is 1. The molecule has 0 bridgehead atoms. The van der Waals surface area contributed by atoms with Crippen molar-refractivity contribution in [1.29, 1.82) is 0 Å². The maximum Gasteiger partial charge on any atom is 0.433 e. The van der Waals surface area contributed by atoms with E-state index in [2.05, 4.69) is 4.98 Å². The number of pyridine rings is 1. The predicted octanol–water partition coefficient (Wildman–Crippen LogP) is 3.78. The number of hydrogen-bond acceptors (Lipinski definition) is 3. The van der Waals surface area contributed by atoms with Crippen LogP contribution in [0.15, 0.2) is 47.4 Å². The molecule has 0 saturated carbocycles. The van der Waals surface area contributed by atoms with Crippen molar-refractivity contribution in [2.24, 2.45) is 0 Å². The second-order valence-electron chi connectivity index (χ2n) is 7.10. The predicted molar refractivity (Wildman–Crippen MR) is 97.5 cm³/mol. The van der Waals surface area contributed by atoms with E-state index in [1.807, 2.05) is 0 Å². The highest BCUT2D eigenvalue weighted by Crippen LogP contribution is 2.32. The van der Waals surface area contributed by atoms with Crippen molar-refractivity contribution in [3.05, 3.63) is 69.8 Å². The van der Waals surface area contributed by atoms with Gasteiger partial charge < -0.3 is 4.90 Å². The van der Waals surface area contributed by atoms with E-state index in [9.17, 15) is 31.5 Å². The fraction of sp³-hybridized carbons (Fsp3) is 0.250. The van der Waals surface area contributed by atoms with Crippen LogP contribution in [0.5, 0.6) is 0 Å². The van der Waals surface area contributed by atoms with Crippen molar-refractivity contribution in [3.63, 3.8) is 0 Å². The van der Waals surface area contributed by atoms with Crippen molar-refractivity contribution in [3.8, 4) is 11.1 Å². The first-order valence-electron chi connectivity index (χ1n) is 8.85. The number of carbonyl (C=O) groups excluding carboxylic acids is 1. The number of halogens is 5. The van der Waals surface area contributed by atoms with Crippen LogP contribution in [0.3, 0.4) is 0 Å². The average molecular weight is 423 g/mol. The highest BCUT2D eigenvalue weighted by Gasteiger charge is 2.46. The maximum absolute atomic E-state index is 13.3. The molecule has 1 saturated heterocycles. The Labute approximate surface area is 166 Å². The van der Waals surface area contributed by atoms with E-state index in [1.54, 1.807) is 0 Å². The van der Waals surface area contributed by atoms with Gasteiger partial charge in [0.15, 0.2) is 5.69 Å². The van der Waals surface area contributed by atoms with E-state index in [0.717, 1.165) is 16.2 Å². The van der Waals surface area contributed by atoms with Gasteiger partial charge in [-0.05, 0) is 36.8 Å². The van der Waals surface area contributed by atoms with E-state index in [0.29, 0.717) is 5.56 Å². The molecule has 30 heavy (non-hydrogen) atoms. The third-order valence-electron chi connectivity index (χ3n) is 4.92. The van der Waals surface area contributed by atoms with Crippen LogP contribution in [0, 0.1) is 6.92 Å². The van der Waals surface area contributed by atoms with Crippen LogP contribution in [0.1, 0.15) is 21.6 Å². The van der Waals surface area contributed by atoms with Gasteiger partial charge in [-0.2, -0.15) is 13.2 Å². The Morgan fingerprint density at radius 3 is 2.30 bits per heavy atom. The summed E-state index contributed by atoms with van der Waals surface area (Å²) in [6, 6.07) is 8.74. The Bertz CT molecular complexity index is 1210. The van der Waals surface area contributed by atoms with Crippen LogP contribution in [0.25, 0.3) is 16.8 Å². The standard InChI is InChI=1S/C20H14F5N3O2/c1-11-15(20(23,24)25)26-16-14(3-2-8-28(16)17(11)29)12-4-6-13(7-5-12)18(30)27-9-19(21,22)10-27/h2-8H,9-10H2,1H3.